The maximum absolute atomic E-state index is 11.9. The quantitative estimate of drug-likeness (QED) is 0.740. The van der Waals surface area contributed by atoms with Gasteiger partial charge >= 0.3 is 0 Å². The van der Waals surface area contributed by atoms with Gasteiger partial charge in [0.2, 0.25) is 0 Å². The first kappa shape index (κ1) is 12.3. The van der Waals surface area contributed by atoms with Crippen LogP contribution in [0.25, 0.3) is 0 Å². The fourth-order valence-electron chi connectivity index (χ4n) is 2.00. The van der Waals surface area contributed by atoms with Gasteiger partial charge in [-0.25, -0.2) is 0 Å². The van der Waals surface area contributed by atoms with Crippen LogP contribution in [0.15, 0.2) is 48.5 Å². The fourth-order valence-corrected chi connectivity index (χ4v) is 2.00. The van der Waals surface area contributed by atoms with Crippen molar-refractivity contribution in [3.8, 4) is 17.6 Å². The van der Waals surface area contributed by atoms with Gasteiger partial charge in [-0.15, -0.1) is 0 Å². The Bertz CT molecular complexity index is 696. The molecule has 20 heavy (non-hydrogen) atoms. The fraction of sp³-hybridized carbons (Fsp3) is 0.118. The molecule has 3 heteroatoms. The van der Waals surface area contributed by atoms with Gasteiger partial charge in [-0.3, -0.25) is 4.79 Å². The molecule has 2 aromatic carbocycles. The first-order valence-corrected chi connectivity index (χ1v) is 6.45. The van der Waals surface area contributed by atoms with E-state index in [9.17, 15) is 4.79 Å². The van der Waals surface area contributed by atoms with E-state index >= 15 is 0 Å². The van der Waals surface area contributed by atoms with Crippen LogP contribution in [0, 0.1) is 11.8 Å². The molecular formula is C17H13NO2. The summed E-state index contributed by atoms with van der Waals surface area (Å²) >= 11 is 0. The summed E-state index contributed by atoms with van der Waals surface area (Å²) in [6, 6.07) is 15.2. The summed E-state index contributed by atoms with van der Waals surface area (Å²) in [6.45, 7) is 1.02. The van der Waals surface area contributed by atoms with Crippen LogP contribution in [0.5, 0.6) is 5.75 Å². The summed E-state index contributed by atoms with van der Waals surface area (Å²) in [6.07, 6.45) is 0. The second kappa shape index (κ2) is 5.50. The van der Waals surface area contributed by atoms with Crippen LogP contribution in [-0.2, 0) is 0 Å². The van der Waals surface area contributed by atoms with Crippen molar-refractivity contribution in [3.63, 3.8) is 0 Å². The van der Waals surface area contributed by atoms with Gasteiger partial charge in [0, 0.05) is 11.1 Å². The molecule has 0 aliphatic carbocycles. The smallest absolute Gasteiger partial charge is 0.255 e. The minimum Gasteiger partial charge on any atom is -0.491 e. The molecule has 0 radical (unpaired) electrons. The lowest BCUT2D eigenvalue weighted by molar-refractivity contribution is 0.0957. The molecule has 2 aromatic rings. The standard InChI is InChI=1S/C17H13NO2/c19-17-15-12-14(7-6-13-4-2-1-3-5-13)8-9-16(15)20-11-10-18-17/h1-5,8-9,12H,10-11H2,(H,18,19). The molecule has 3 nitrogen and oxygen atoms in total. The number of nitrogens with one attached hydrogen (secondary N) is 1. The highest BCUT2D eigenvalue weighted by molar-refractivity contribution is 5.97. The third-order valence-corrected chi connectivity index (χ3v) is 2.99. The second-order valence-corrected chi connectivity index (χ2v) is 4.43. The lowest BCUT2D eigenvalue weighted by Crippen LogP contribution is -2.24. The Morgan fingerprint density at radius 3 is 2.65 bits per heavy atom. The number of benzene rings is 2. The molecule has 1 amide bonds. The summed E-state index contributed by atoms with van der Waals surface area (Å²) in [4.78, 5) is 11.9. The number of hydrogen-bond donors (Lipinski definition) is 1. The Balaban J connectivity index is 1.93. The Hall–Kier alpha value is -2.73. The van der Waals surface area contributed by atoms with Crippen LogP contribution in [0.2, 0.25) is 0 Å². The number of rotatable bonds is 0. The van der Waals surface area contributed by atoms with Crippen molar-refractivity contribution in [1.82, 2.24) is 5.32 Å². The maximum atomic E-state index is 11.9. The molecule has 1 aliphatic heterocycles. The van der Waals surface area contributed by atoms with Crippen LogP contribution in [0.1, 0.15) is 21.5 Å². The minimum atomic E-state index is -0.110. The monoisotopic (exact) mass is 263 g/mol. The number of ether oxygens (including phenoxy) is 1. The van der Waals surface area contributed by atoms with Gasteiger partial charge < -0.3 is 10.1 Å². The van der Waals surface area contributed by atoms with Gasteiger partial charge in [-0.1, -0.05) is 30.0 Å². The highest BCUT2D eigenvalue weighted by Crippen LogP contribution is 2.21. The molecule has 0 spiro atoms. The first-order chi connectivity index (χ1) is 9.83. The number of amides is 1. The molecule has 0 saturated carbocycles. The Morgan fingerprint density at radius 2 is 1.80 bits per heavy atom. The van der Waals surface area contributed by atoms with Crippen molar-refractivity contribution in [2.75, 3.05) is 13.2 Å². The molecule has 0 atom stereocenters. The predicted octanol–water partition coefficient (Wildman–Crippen LogP) is 2.21. The molecule has 0 bridgehead atoms. The normalized spacial score (nSPS) is 13.1. The molecular weight excluding hydrogens is 250 g/mol. The first-order valence-electron chi connectivity index (χ1n) is 6.45. The Labute approximate surface area is 117 Å². The number of carbonyl (C=O) groups is 1. The third kappa shape index (κ3) is 2.65. The summed E-state index contributed by atoms with van der Waals surface area (Å²) in [7, 11) is 0. The molecule has 98 valence electrons. The van der Waals surface area contributed by atoms with Gasteiger partial charge in [0.25, 0.3) is 5.91 Å². The molecule has 1 aliphatic rings. The van der Waals surface area contributed by atoms with Crippen LogP contribution in [0.3, 0.4) is 0 Å². The van der Waals surface area contributed by atoms with Crippen molar-refractivity contribution < 1.29 is 9.53 Å². The van der Waals surface area contributed by atoms with E-state index in [1.165, 1.54) is 0 Å². The van der Waals surface area contributed by atoms with Crippen molar-refractivity contribution in [3.05, 3.63) is 65.2 Å². The number of fused-ring (bicyclic) bond motifs is 1. The summed E-state index contributed by atoms with van der Waals surface area (Å²) in [5.74, 6) is 6.65. The largest absolute Gasteiger partial charge is 0.491 e. The molecule has 0 unspecified atom stereocenters. The summed E-state index contributed by atoms with van der Waals surface area (Å²) < 4.78 is 5.51. The third-order valence-electron chi connectivity index (χ3n) is 2.99. The van der Waals surface area contributed by atoms with E-state index in [-0.39, 0.29) is 5.91 Å². The van der Waals surface area contributed by atoms with E-state index in [1.54, 1.807) is 12.1 Å². The van der Waals surface area contributed by atoms with Crippen molar-refractivity contribution in [1.29, 1.82) is 0 Å². The van der Waals surface area contributed by atoms with Crippen LogP contribution in [0.4, 0.5) is 0 Å². The molecule has 0 aromatic heterocycles. The van der Waals surface area contributed by atoms with Crippen molar-refractivity contribution in [2.45, 2.75) is 0 Å². The maximum Gasteiger partial charge on any atom is 0.255 e. The average molecular weight is 263 g/mol. The van der Waals surface area contributed by atoms with E-state index in [0.29, 0.717) is 24.5 Å². The zero-order valence-corrected chi connectivity index (χ0v) is 10.8. The van der Waals surface area contributed by atoms with Gasteiger partial charge in [0.05, 0.1) is 12.1 Å². The highest BCUT2D eigenvalue weighted by atomic mass is 16.5. The predicted molar refractivity (Wildman–Crippen MR) is 76.7 cm³/mol. The van der Waals surface area contributed by atoms with E-state index in [0.717, 1.165) is 11.1 Å². The molecule has 1 heterocycles. The van der Waals surface area contributed by atoms with Gasteiger partial charge in [-0.05, 0) is 30.3 Å². The zero-order valence-electron chi connectivity index (χ0n) is 10.8. The Kier molecular flexibility index (Phi) is 3.38. The lowest BCUT2D eigenvalue weighted by atomic mass is 10.1. The van der Waals surface area contributed by atoms with Crippen LogP contribution >= 0.6 is 0 Å². The average Bonchev–Trinajstić information content (AvgIpc) is 2.68. The molecule has 1 N–H and O–H groups in total. The van der Waals surface area contributed by atoms with E-state index in [4.69, 9.17) is 4.74 Å². The van der Waals surface area contributed by atoms with Gasteiger partial charge in [-0.2, -0.15) is 0 Å². The van der Waals surface area contributed by atoms with Gasteiger partial charge in [0.15, 0.2) is 0 Å². The van der Waals surface area contributed by atoms with E-state index in [2.05, 4.69) is 17.2 Å². The van der Waals surface area contributed by atoms with E-state index < -0.39 is 0 Å². The second-order valence-electron chi connectivity index (χ2n) is 4.43. The number of hydrogen-bond acceptors (Lipinski definition) is 2. The summed E-state index contributed by atoms with van der Waals surface area (Å²) in [5, 5.41) is 2.79. The molecule has 0 saturated heterocycles. The Morgan fingerprint density at radius 1 is 1.00 bits per heavy atom. The molecule has 3 rings (SSSR count). The topological polar surface area (TPSA) is 38.3 Å². The summed E-state index contributed by atoms with van der Waals surface area (Å²) in [5.41, 5.74) is 2.29. The van der Waals surface area contributed by atoms with Crippen molar-refractivity contribution >= 4 is 5.91 Å². The highest BCUT2D eigenvalue weighted by Gasteiger charge is 2.15. The van der Waals surface area contributed by atoms with Gasteiger partial charge in [0.1, 0.15) is 12.4 Å². The lowest BCUT2D eigenvalue weighted by Gasteiger charge is -2.04. The van der Waals surface area contributed by atoms with E-state index in [1.807, 2.05) is 36.4 Å². The van der Waals surface area contributed by atoms with Crippen molar-refractivity contribution in [2.24, 2.45) is 0 Å². The van der Waals surface area contributed by atoms with Crippen LogP contribution in [-0.4, -0.2) is 19.1 Å². The van der Waals surface area contributed by atoms with Crippen LogP contribution < -0.4 is 10.1 Å². The number of carbonyl (C=O) groups excluding carboxylic acids is 1. The minimum absolute atomic E-state index is 0.110. The SMILES string of the molecule is O=C1NCCOc2ccc(C#Cc3ccccc3)cc21. The zero-order chi connectivity index (χ0) is 13.8. The molecule has 0 fully saturated rings.